The number of pyridine rings is 1. The molecule has 1 unspecified atom stereocenters. The van der Waals surface area contributed by atoms with Gasteiger partial charge in [0.05, 0.1) is 18.7 Å². The van der Waals surface area contributed by atoms with Crippen molar-refractivity contribution in [2.24, 2.45) is 5.92 Å². The zero-order valence-corrected chi connectivity index (χ0v) is 11.3. The molecule has 6 nitrogen and oxygen atoms in total. The minimum absolute atomic E-state index is 0.138. The number of hydrogen-bond acceptors (Lipinski definition) is 5. The average molecular weight is 314 g/mol. The van der Waals surface area contributed by atoms with E-state index in [9.17, 15) is 9.59 Å². The summed E-state index contributed by atoms with van der Waals surface area (Å²) >= 11 is 3.27. The molecule has 96 valence electrons. The highest BCUT2D eigenvalue weighted by Crippen LogP contribution is 2.30. The lowest BCUT2D eigenvalue weighted by Gasteiger charge is -2.17. The number of rotatable bonds is 2. The third-order valence-corrected chi connectivity index (χ3v) is 3.25. The Kier molecular flexibility index (Phi) is 3.51. The topological polar surface area (TPSA) is 85.5 Å². The number of esters is 1. The molecule has 2 heterocycles. The van der Waals surface area contributed by atoms with E-state index in [-0.39, 0.29) is 30.7 Å². The summed E-state index contributed by atoms with van der Waals surface area (Å²) in [4.78, 5) is 28.8. The van der Waals surface area contributed by atoms with Gasteiger partial charge in [0.15, 0.2) is 0 Å². The first kappa shape index (κ1) is 12.8. The molecule has 0 bridgehead atoms. The highest BCUT2D eigenvalue weighted by atomic mass is 79.9. The van der Waals surface area contributed by atoms with Crippen molar-refractivity contribution in [1.29, 1.82) is 0 Å². The van der Waals surface area contributed by atoms with Gasteiger partial charge in [0.25, 0.3) is 0 Å². The third kappa shape index (κ3) is 2.31. The normalized spacial score (nSPS) is 19.1. The van der Waals surface area contributed by atoms with Crippen LogP contribution in [0.3, 0.4) is 0 Å². The summed E-state index contributed by atoms with van der Waals surface area (Å²) in [5.74, 6) is -0.720. The molecule has 1 aliphatic rings. The van der Waals surface area contributed by atoms with Crippen LogP contribution < -0.4 is 10.6 Å². The Morgan fingerprint density at radius 3 is 3.06 bits per heavy atom. The standard InChI is InChI=1S/C11H12BrN3O3/c1-18-11(17)6-2-9(16)15(5-6)8-3-7(12)4-14-10(8)13/h3-4,6H,2,5H2,1H3,(H2,13,14). The Hall–Kier alpha value is -1.63. The molecular weight excluding hydrogens is 302 g/mol. The van der Waals surface area contributed by atoms with E-state index in [0.717, 1.165) is 4.47 Å². The maximum absolute atomic E-state index is 11.9. The van der Waals surface area contributed by atoms with Gasteiger partial charge in [-0.3, -0.25) is 9.59 Å². The number of hydrogen-bond donors (Lipinski definition) is 1. The molecule has 2 N–H and O–H groups in total. The second kappa shape index (κ2) is 4.93. The van der Waals surface area contributed by atoms with Crippen LogP contribution in [0.5, 0.6) is 0 Å². The van der Waals surface area contributed by atoms with E-state index < -0.39 is 5.92 Å². The Balaban J connectivity index is 2.27. The number of carbonyl (C=O) groups is 2. The number of halogens is 1. The lowest BCUT2D eigenvalue weighted by Crippen LogP contribution is -2.27. The summed E-state index contributed by atoms with van der Waals surface area (Å²) in [6.45, 7) is 0.272. The van der Waals surface area contributed by atoms with Gasteiger partial charge in [-0.15, -0.1) is 0 Å². The van der Waals surface area contributed by atoms with Crippen molar-refractivity contribution in [3.63, 3.8) is 0 Å². The highest BCUT2D eigenvalue weighted by Gasteiger charge is 2.36. The minimum atomic E-state index is -0.444. The van der Waals surface area contributed by atoms with Crippen LogP contribution in [-0.4, -0.2) is 30.5 Å². The molecule has 0 aliphatic carbocycles. The first-order valence-corrected chi connectivity index (χ1v) is 6.11. The number of anilines is 2. The molecule has 1 aliphatic heterocycles. The van der Waals surface area contributed by atoms with Gasteiger partial charge in [-0.2, -0.15) is 0 Å². The van der Waals surface area contributed by atoms with Crippen molar-refractivity contribution in [2.75, 3.05) is 24.3 Å². The number of ether oxygens (including phenoxy) is 1. The first-order chi connectivity index (χ1) is 8.52. The van der Waals surface area contributed by atoms with E-state index in [2.05, 4.69) is 25.7 Å². The zero-order valence-electron chi connectivity index (χ0n) is 9.72. The smallest absolute Gasteiger partial charge is 0.311 e. The number of amides is 1. The Labute approximate surface area is 112 Å². The van der Waals surface area contributed by atoms with E-state index in [0.29, 0.717) is 5.69 Å². The Morgan fingerprint density at radius 2 is 2.39 bits per heavy atom. The van der Waals surface area contributed by atoms with Crippen molar-refractivity contribution in [3.8, 4) is 0 Å². The lowest BCUT2D eigenvalue weighted by molar-refractivity contribution is -0.145. The lowest BCUT2D eigenvalue weighted by atomic mass is 10.1. The summed E-state index contributed by atoms with van der Waals surface area (Å²) in [7, 11) is 1.31. The Bertz CT molecular complexity index is 506. The van der Waals surface area contributed by atoms with Crippen molar-refractivity contribution in [1.82, 2.24) is 4.98 Å². The number of nitrogens with zero attached hydrogens (tertiary/aromatic N) is 2. The molecule has 1 amide bonds. The number of methoxy groups -OCH3 is 1. The fourth-order valence-electron chi connectivity index (χ4n) is 1.92. The molecule has 1 aromatic heterocycles. The molecule has 0 radical (unpaired) electrons. The minimum Gasteiger partial charge on any atom is -0.469 e. The average Bonchev–Trinajstić information content (AvgIpc) is 2.73. The van der Waals surface area contributed by atoms with Crippen LogP contribution in [0.2, 0.25) is 0 Å². The Morgan fingerprint density at radius 1 is 1.67 bits per heavy atom. The fourth-order valence-corrected chi connectivity index (χ4v) is 2.24. The molecule has 1 fully saturated rings. The van der Waals surface area contributed by atoms with Crippen molar-refractivity contribution in [2.45, 2.75) is 6.42 Å². The van der Waals surface area contributed by atoms with Gasteiger partial charge in [-0.1, -0.05) is 0 Å². The molecule has 18 heavy (non-hydrogen) atoms. The maximum Gasteiger partial charge on any atom is 0.311 e. The molecule has 1 atom stereocenters. The van der Waals surface area contributed by atoms with E-state index in [1.807, 2.05) is 0 Å². The molecular formula is C11H12BrN3O3. The van der Waals surface area contributed by atoms with Crippen molar-refractivity contribution >= 4 is 39.3 Å². The number of aromatic nitrogens is 1. The number of nitrogens with two attached hydrogens (primary N) is 1. The van der Waals surface area contributed by atoms with Crippen molar-refractivity contribution in [3.05, 3.63) is 16.7 Å². The quantitative estimate of drug-likeness (QED) is 0.822. The predicted octanol–water partition coefficient (Wildman–Crippen LogP) is 0.952. The third-order valence-electron chi connectivity index (χ3n) is 2.81. The van der Waals surface area contributed by atoms with Crippen LogP contribution in [-0.2, 0) is 14.3 Å². The number of carbonyl (C=O) groups excluding carboxylic acids is 2. The van der Waals surface area contributed by atoms with Gasteiger partial charge in [0, 0.05) is 23.6 Å². The molecule has 1 aromatic rings. The second-order valence-corrected chi connectivity index (χ2v) is 4.90. The van der Waals surface area contributed by atoms with E-state index in [1.165, 1.54) is 12.0 Å². The van der Waals surface area contributed by atoms with Gasteiger partial charge in [-0.05, 0) is 22.0 Å². The summed E-state index contributed by atoms with van der Waals surface area (Å²) in [5, 5.41) is 0. The molecule has 0 saturated carbocycles. The molecule has 0 spiro atoms. The van der Waals surface area contributed by atoms with E-state index in [1.54, 1.807) is 12.3 Å². The summed E-state index contributed by atoms with van der Waals surface area (Å²) in [6.07, 6.45) is 1.69. The summed E-state index contributed by atoms with van der Waals surface area (Å²) in [5.41, 5.74) is 6.26. The molecule has 2 rings (SSSR count). The zero-order chi connectivity index (χ0) is 13.3. The van der Waals surface area contributed by atoms with Crippen LogP contribution in [0.4, 0.5) is 11.5 Å². The monoisotopic (exact) mass is 313 g/mol. The number of nitrogen functional groups attached to an aromatic ring is 1. The molecule has 1 saturated heterocycles. The summed E-state index contributed by atoms with van der Waals surface area (Å²) < 4.78 is 5.37. The first-order valence-electron chi connectivity index (χ1n) is 5.32. The van der Waals surface area contributed by atoms with Gasteiger partial charge >= 0.3 is 5.97 Å². The molecule has 7 heteroatoms. The predicted molar refractivity (Wildman–Crippen MR) is 68.8 cm³/mol. The van der Waals surface area contributed by atoms with Gasteiger partial charge in [0.2, 0.25) is 5.91 Å². The second-order valence-electron chi connectivity index (χ2n) is 3.99. The van der Waals surface area contributed by atoms with Crippen LogP contribution in [0.15, 0.2) is 16.7 Å². The largest absolute Gasteiger partial charge is 0.469 e. The SMILES string of the molecule is COC(=O)C1CC(=O)N(c2cc(Br)cnc2N)C1. The van der Waals surface area contributed by atoms with Gasteiger partial charge in [0.1, 0.15) is 5.82 Å². The van der Waals surface area contributed by atoms with Crippen molar-refractivity contribution < 1.29 is 14.3 Å². The maximum atomic E-state index is 11.9. The molecule has 0 aromatic carbocycles. The van der Waals surface area contributed by atoms with E-state index in [4.69, 9.17) is 5.73 Å². The van der Waals surface area contributed by atoms with Crippen LogP contribution in [0.25, 0.3) is 0 Å². The van der Waals surface area contributed by atoms with Gasteiger partial charge in [-0.25, -0.2) is 4.98 Å². The summed E-state index contributed by atoms with van der Waals surface area (Å²) in [6, 6.07) is 1.71. The van der Waals surface area contributed by atoms with E-state index >= 15 is 0 Å². The van der Waals surface area contributed by atoms with Crippen LogP contribution in [0, 0.1) is 5.92 Å². The fraction of sp³-hybridized carbons (Fsp3) is 0.364. The van der Waals surface area contributed by atoms with Gasteiger partial charge < -0.3 is 15.4 Å². The highest BCUT2D eigenvalue weighted by molar-refractivity contribution is 9.10. The van der Waals surface area contributed by atoms with Crippen LogP contribution >= 0.6 is 15.9 Å². The van der Waals surface area contributed by atoms with Crippen LogP contribution in [0.1, 0.15) is 6.42 Å².